The molecule has 1 fully saturated rings. The Morgan fingerprint density at radius 1 is 0.964 bits per heavy atom. The number of hydrogen-bond donors (Lipinski definition) is 3. The Bertz CT molecular complexity index is 770. The molecular weight excluding hydrogens is 348 g/mol. The van der Waals surface area contributed by atoms with E-state index in [9.17, 15) is 4.79 Å². The molecule has 2 aromatic carbocycles. The van der Waals surface area contributed by atoms with Crippen LogP contribution in [0.2, 0.25) is 0 Å². The number of carbonyl (C=O) groups is 1. The zero-order chi connectivity index (χ0) is 19.7. The third kappa shape index (κ3) is 5.35. The Morgan fingerprint density at radius 2 is 1.64 bits per heavy atom. The number of carbonyl (C=O) groups excluding carboxylic acids is 1. The Morgan fingerprint density at radius 3 is 2.25 bits per heavy atom. The van der Waals surface area contributed by atoms with Crippen molar-refractivity contribution in [2.24, 2.45) is 4.99 Å². The largest absolute Gasteiger partial charge is 0.356 e. The van der Waals surface area contributed by atoms with Crippen LogP contribution in [0.5, 0.6) is 0 Å². The van der Waals surface area contributed by atoms with Crippen molar-refractivity contribution in [2.75, 3.05) is 20.1 Å². The zero-order valence-electron chi connectivity index (χ0n) is 16.6. The van der Waals surface area contributed by atoms with Crippen molar-refractivity contribution in [1.82, 2.24) is 16.0 Å². The van der Waals surface area contributed by atoms with Gasteiger partial charge in [-0.25, -0.2) is 0 Å². The second kappa shape index (κ2) is 9.93. The average Bonchev–Trinajstić information content (AvgIpc) is 2.71. The van der Waals surface area contributed by atoms with Crippen LogP contribution in [0.4, 0.5) is 0 Å². The molecule has 1 aliphatic rings. The predicted molar refractivity (Wildman–Crippen MR) is 114 cm³/mol. The average molecular weight is 379 g/mol. The highest BCUT2D eigenvalue weighted by Crippen LogP contribution is 2.43. The van der Waals surface area contributed by atoms with E-state index in [1.54, 1.807) is 7.05 Å². The summed E-state index contributed by atoms with van der Waals surface area (Å²) in [6, 6.07) is 20.6. The van der Waals surface area contributed by atoms with Crippen LogP contribution < -0.4 is 16.0 Å². The van der Waals surface area contributed by atoms with Gasteiger partial charge < -0.3 is 16.0 Å². The standard InChI is InChI=1S/C23H30N4O/c1-24-22(25-16-13-21(28)26-17-19-9-4-2-5-10-19)27-18-23(14-8-15-23)20-11-6-3-7-12-20/h2-7,9-12H,8,13-18H2,1H3,(H,26,28)(H2,24,25,27). The number of guanidine groups is 1. The first-order valence-corrected chi connectivity index (χ1v) is 10.0. The molecule has 0 atom stereocenters. The minimum Gasteiger partial charge on any atom is -0.356 e. The maximum atomic E-state index is 12.0. The van der Waals surface area contributed by atoms with Crippen LogP contribution in [0.25, 0.3) is 0 Å². The summed E-state index contributed by atoms with van der Waals surface area (Å²) in [5.41, 5.74) is 2.70. The van der Waals surface area contributed by atoms with Gasteiger partial charge in [0.05, 0.1) is 0 Å². The highest BCUT2D eigenvalue weighted by Gasteiger charge is 2.38. The van der Waals surface area contributed by atoms with E-state index in [1.807, 2.05) is 30.3 Å². The number of nitrogens with zero attached hydrogens (tertiary/aromatic N) is 1. The van der Waals surface area contributed by atoms with Crippen molar-refractivity contribution in [3.05, 3.63) is 71.8 Å². The van der Waals surface area contributed by atoms with Crippen LogP contribution in [0.1, 0.15) is 36.8 Å². The molecule has 5 heteroatoms. The molecule has 28 heavy (non-hydrogen) atoms. The molecule has 0 aromatic heterocycles. The number of aliphatic imine (C=N–C) groups is 1. The fourth-order valence-electron chi connectivity index (χ4n) is 3.62. The summed E-state index contributed by atoms with van der Waals surface area (Å²) in [5.74, 6) is 0.782. The lowest BCUT2D eigenvalue weighted by atomic mass is 9.64. The van der Waals surface area contributed by atoms with Crippen LogP contribution in [0, 0.1) is 0 Å². The number of nitrogens with one attached hydrogen (secondary N) is 3. The molecule has 1 saturated carbocycles. The maximum Gasteiger partial charge on any atom is 0.222 e. The van der Waals surface area contributed by atoms with Crippen LogP contribution in [-0.4, -0.2) is 32.0 Å². The van der Waals surface area contributed by atoms with Gasteiger partial charge in [0, 0.05) is 38.5 Å². The zero-order valence-corrected chi connectivity index (χ0v) is 16.6. The van der Waals surface area contributed by atoms with Crippen LogP contribution in [0.15, 0.2) is 65.7 Å². The molecule has 0 unspecified atom stereocenters. The summed E-state index contributed by atoms with van der Waals surface area (Å²) in [7, 11) is 1.76. The van der Waals surface area contributed by atoms with Gasteiger partial charge in [0.2, 0.25) is 5.91 Å². The van der Waals surface area contributed by atoms with Crippen molar-refractivity contribution >= 4 is 11.9 Å². The van der Waals surface area contributed by atoms with Crippen molar-refractivity contribution in [1.29, 1.82) is 0 Å². The van der Waals surface area contributed by atoms with Crippen LogP contribution in [-0.2, 0) is 16.8 Å². The van der Waals surface area contributed by atoms with E-state index in [0.717, 1.165) is 18.1 Å². The van der Waals surface area contributed by atoms with Crippen molar-refractivity contribution in [2.45, 2.75) is 37.6 Å². The minimum absolute atomic E-state index is 0.0338. The molecule has 0 radical (unpaired) electrons. The molecule has 148 valence electrons. The van der Waals surface area contributed by atoms with E-state index in [1.165, 1.54) is 24.8 Å². The SMILES string of the molecule is CN=C(NCCC(=O)NCc1ccccc1)NCC1(c2ccccc2)CCC1. The summed E-state index contributed by atoms with van der Waals surface area (Å²) in [5, 5.41) is 9.65. The lowest BCUT2D eigenvalue weighted by Crippen LogP contribution is -2.49. The van der Waals surface area contributed by atoms with E-state index in [0.29, 0.717) is 19.5 Å². The van der Waals surface area contributed by atoms with Gasteiger partial charge in [0.1, 0.15) is 0 Å². The smallest absolute Gasteiger partial charge is 0.222 e. The fourth-order valence-corrected chi connectivity index (χ4v) is 3.62. The third-order valence-corrected chi connectivity index (χ3v) is 5.49. The maximum absolute atomic E-state index is 12.0. The molecular formula is C23H30N4O. The summed E-state index contributed by atoms with van der Waals surface area (Å²) in [4.78, 5) is 16.3. The topological polar surface area (TPSA) is 65.5 Å². The molecule has 0 spiro atoms. The Kier molecular flexibility index (Phi) is 7.06. The van der Waals surface area contributed by atoms with Gasteiger partial charge in [-0.2, -0.15) is 0 Å². The first kappa shape index (κ1) is 19.9. The van der Waals surface area contributed by atoms with Gasteiger partial charge in [-0.05, 0) is 24.0 Å². The number of hydrogen-bond acceptors (Lipinski definition) is 2. The third-order valence-electron chi connectivity index (χ3n) is 5.49. The van der Waals surface area contributed by atoms with Gasteiger partial charge in [-0.1, -0.05) is 67.1 Å². The monoisotopic (exact) mass is 378 g/mol. The predicted octanol–water partition coefficient (Wildman–Crippen LogP) is 2.98. The molecule has 0 aliphatic heterocycles. The minimum atomic E-state index is 0.0338. The van der Waals surface area contributed by atoms with Gasteiger partial charge in [0.25, 0.3) is 0 Å². The first-order chi connectivity index (χ1) is 13.7. The van der Waals surface area contributed by atoms with Gasteiger partial charge in [-0.3, -0.25) is 9.79 Å². The van der Waals surface area contributed by atoms with Gasteiger partial charge in [-0.15, -0.1) is 0 Å². The Hall–Kier alpha value is -2.82. The molecule has 5 nitrogen and oxygen atoms in total. The molecule has 3 N–H and O–H groups in total. The summed E-state index contributed by atoms with van der Waals surface area (Å²) in [6.45, 7) is 1.97. The molecule has 3 rings (SSSR count). The van der Waals surface area contributed by atoms with E-state index < -0.39 is 0 Å². The molecule has 0 heterocycles. The number of benzene rings is 2. The van der Waals surface area contributed by atoms with E-state index in [-0.39, 0.29) is 11.3 Å². The van der Waals surface area contributed by atoms with E-state index in [2.05, 4.69) is 51.3 Å². The van der Waals surface area contributed by atoms with Crippen molar-refractivity contribution in [3.63, 3.8) is 0 Å². The molecule has 0 saturated heterocycles. The summed E-state index contributed by atoms with van der Waals surface area (Å²) < 4.78 is 0. The van der Waals surface area contributed by atoms with Crippen LogP contribution in [0.3, 0.4) is 0 Å². The van der Waals surface area contributed by atoms with Gasteiger partial charge >= 0.3 is 0 Å². The van der Waals surface area contributed by atoms with E-state index in [4.69, 9.17) is 0 Å². The lowest BCUT2D eigenvalue weighted by Gasteiger charge is -2.43. The molecule has 2 aromatic rings. The highest BCUT2D eigenvalue weighted by molar-refractivity contribution is 5.81. The first-order valence-electron chi connectivity index (χ1n) is 10.0. The molecule has 1 amide bonds. The fraction of sp³-hybridized carbons (Fsp3) is 0.391. The highest BCUT2D eigenvalue weighted by atomic mass is 16.1. The number of amides is 1. The molecule has 0 bridgehead atoms. The second-order valence-electron chi connectivity index (χ2n) is 7.36. The Labute approximate surface area is 167 Å². The number of rotatable bonds is 8. The van der Waals surface area contributed by atoms with Crippen molar-refractivity contribution < 1.29 is 4.79 Å². The lowest BCUT2D eigenvalue weighted by molar-refractivity contribution is -0.121. The summed E-state index contributed by atoms with van der Waals surface area (Å²) >= 11 is 0. The normalized spacial score (nSPS) is 15.4. The molecule has 1 aliphatic carbocycles. The summed E-state index contributed by atoms with van der Waals surface area (Å²) in [6.07, 6.45) is 4.08. The quantitative estimate of drug-likeness (QED) is 0.489. The second-order valence-corrected chi connectivity index (χ2v) is 7.36. The van der Waals surface area contributed by atoms with Gasteiger partial charge in [0.15, 0.2) is 5.96 Å². The van der Waals surface area contributed by atoms with Crippen molar-refractivity contribution in [3.8, 4) is 0 Å². The van der Waals surface area contributed by atoms with Crippen LogP contribution >= 0.6 is 0 Å². The Balaban J connectivity index is 1.39. The van der Waals surface area contributed by atoms with E-state index >= 15 is 0 Å².